The molecule has 0 aliphatic carbocycles. The van der Waals surface area contributed by atoms with Gasteiger partial charge in [0.1, 0.15) is 16.7 Å². The molecular formula is C20H29N3O6S. The molecule has 1 amide bonds. The van der Waals surface area contributed by atoms with E-state index in [1.165, 1.54) is 13.2 Å². The first-order valence-electron chi connectivity index (χ1n) is 9.90. The van der Waals surface area contributed by atoms with Crippen LogP contribution in [0.25, 0.3) is 0 Å². The van der Waals surface area contributed by atoms with Crippen LogP contribution in [-0.2, 0) is 19.6 Å². The number of piperazine rings is 1. The maximum Gasteiger partial charge on any atom is 0.244 e. The molecule has 1 fully saturated rings. The standard InChI is InChI=1S/C20H29N3O6S/c1-22-9-11-23(12-10-22)20(25)13-15-7-8-16(18(14-24)29-15)21-30(26,27)19-6-4-3-5-17(19)28-2/h3-8,15-16,18,21,24H,9-14H2,1-2H3/t15-,16+,18+/m1/s1. The lowest BCUT2D eigenvalue weighted by Gasteiger charge is -2.35. The van der Waals surface area contributed by atoms with Crippen LogP contribution < -0.4 is 9.46 Å². The number of para-hydroxylation sites is 1. The molecule has 3 atom stereocenters. The topological polar surface area (TPSA) is 108 Å². The molecule has 3 rings (SSSR count). The minimum Gasteiger partial charge on any atom is -0.495 e. The SMILES string of the molecule is COc1ccccc1S(=O)(=O)N[C@H]1C=C[C@H](CC(=O)N2CCN(C)CC2)O[C@H]1CO. The molecule has 0 bridgehead atoms. The number of nitrogens with one attached hydrogen (secondary N) is 1. The van der Waals surface area contributed by atoms with Crippen LogP contribution in [0, 0.1) is 0 Å². The summed E-state index contributed by atoms with van der Waals surface area (Å²) in [5, 5.41) is 9.74. The van der Waals surface area contributed by atoms with Crippen molar-refractivity contribution >= 4 is 15.9 Å². The van der Waals surface area contributed by atoms with Crippen LogP contribution >= 0.6 is 0 Å². The largest absolute Gasteiger partial charge is 0.495 e. The number of nitrogens with zero attached hydrogens (tertiary/aromatic N) is 2. The summed E-state index contributed by atoms with van der Waals surface area (Å²) in [5.74, 6) is 0.212. The van der Waals surface area contributed by atoms with E-state index in [-0.39, 0.29) is 29.6 Å². The molecule has 2 heterocycles. The van der Waals surface area contributed by atoms with Crippen LogP contribution in [0.1, 0.15) is 6.42 Å². The van der Waals surface area contributed by atoms with Crippen molar-refractivity contribution < 1.29 is 27.8 Å². The number of likely N-dealkylation sites (N-methyl/N-ethyl adjacent to an activating group) is 1. The van der Waals surface area contributed by atoms with Gasteiger partial charge in [-0.15, -0.1) is 0 Å². The van der Waals surface area contributed by atoms with E-state index in [0.717, 1.165) is 13.1 Å². The number of carbonyl (C=O) groups is 1. The van der Waals surface area contributed by atoms with Crippen molar-refractivity contribution in [2.45, 2.75) is 29.6 Å². The Bertz CT molecular complexity index is 867. The highest BCUT2D eigenvalue weighted by molar-refractivity contribution is 7.89. The number of ether oxygens (including phenoxy) is 2. The quantitative estimate of drug-likeness (QED) is 0.568. The molecule has 10 heteroatoms. The third-order valence-electron chi connectivity index (χ3n) is 5.34. The third kappa shape index (κ3) is 5.38. The Morgan fingerprint density at radius 2 is 1.93 bits per heavy atom. The second-order valence-electron chi connectivity index (χ2n) is 7.47. The van der Waals surface area contributed by atoms with E-state index in [4.69, 9.17) is 9.47 Å². The fourth-order valence-corrected chi connectivity index (χ4v) is 4.94. The molecule has 1 aromatic carbocycles. The fourth-order valence-electron chi connectivity index (χ4n) is 3.55. The van der Waals surface area contributed by atoms with Crippen LogP contribution in [0.4, 0.5) is 0 Å². The summed E-state index contributed by atoms with van der Waals surface area (Å²) in [6.45, 7) is 2.63. The second-order valence-corrected chi connectivity index (χ2v) is 9.15. The lowest BCUT2D eigenvalue weighted by Crippen LogP contribution is -2.50. The molecule has 0 radical (unpaired) electrons. The van der Waals surface area contributed by atoms with Crippen molar-refractivity contribution in [1.82, 2.24) is 14.5 Å². The number of carbonyl (C=O) groups excluding carboxylic acids is 1. The van der Waals surface area contributed by atoms with Crippen molar-refractivity contribution in [2.24, 2.45) is 0 Å². The highest BCUT2D eigenvalue weighted by Gasteiger charge is 2.33. The first-order valence-corrected chi connectivity index (χ1v) is 11.4. The van der Waals surface area contributed by atoms with Crippen LogP contribution in [0.3, 0.4) is 0 Å². The first kappa shape index (κ1) is 22.7. The van der Waals surface area contributed by atoms with Gasteiger partial charge in [0.15, 0.2) is 0 Å². The van der Waals surface area contributed by atoms with Crippen molar-refractivity contribution in [2.75, 3.05) is 46.9 Å². The molecule has 1 saturated heterocycles. The van der Waals surface area contributed by atoms with Crippen molar-refractivity contribution in [1.29, 1.82) is 0 Å². The van der Waals surface area contributed by atoms with Crippen LogP contribution in [0.5, 0.6) is 5.75 Å². The van der Waals surface area contributed by atoms with Crippen LogP contribution in [0.2, 0.25) is 0 Å². The Morgan fingerprint density at radius 3 is 2.60 bits per heavy atom. The van der Waals surface area contributed by atoms with Crippen molar-refractivity contribution in [3.05, 3.63) is 36.4 Å². The highest BCUT2D eigenvalue weighted by atomic mass is 32.2. The molecule has 0 saturated carbocycles. The van der Waals surface area contributed by atoms with Gasteiger partial charge >= 0.3 is 0 Å². The molecule has 2 N–H and O–H groups in total. The maximum atomic E-state index is 12.8. The van der Waals surface area contributed by atoms with E-state index in [2.05, 4.69) is 9.62 Å². The summed E-state index contributed by atoms with van der Waals surface area (Å²) < 4.78 is 39.1. The molecule has 166 valence electrons. The molecule has 2 aliphatic rings. The van der Waals surface area contributed by atoms with Gasteiger partial charge in [0.2, 0.25) is 15.9 Å². The predicted octanol–water partition coefficient (Wildman–Crippen LogP) is -0.178. The van der Waals surface area contributed by atoms with Gasteiger partial charge in [0.25, 0.3) is 0 Å². The zero-order valence-electron chi connectivity index (χ0n) is 17.2. The lowest BCUT2D eigenvalue weighted by atomic mass is 10.1. The molecule has 2 aliphatic heterocycles. The first-order chi connectivity index (χ1) is 14.3. The average molecular weight is 440 g/mol. The summed E-state index contributed by atoms with van der Waals surface area (Å²) in [6, 6.07) is 5.53. The number of methoxy groups -OCH3 is 1. The van der Waals surface area contributed by atoms with E-state index in [9.17, 15) is 18.3 Å². The summed E-state index contributed by atoms with van der Waals surface area (Å²) in [7, 11) is -0.486. The molecule has 1 aromatic rings. The summed E-state index contributed by atoms with van der Waals surface area (Å²) >= 11 is 0. The maximum absolute atomic E-state index is 12.8. The number of hydrogen-bond acceptors (Lipinski definition) is 7. The molecule has 0 spiro atoms. The summed E-state index contributed by atoms with van der Waals surface area (Å²) in [4.78, 5) is 16.5. The minimum atomic E-state index is -3.91. The molecular weight excluding hydrogens is 410 g/mol. The smallest absolute Gasteiger partial charge is 0.244 e. The number of sulfonamides is 1. The molecule has 9 nitrogen and oxygen atoms in total. The van der Waals surface area contributed by atoms with E-state index in [1.54, 1.807) is 30.4 Å². The van der Waals surface area contributed by atoms with Gasteiger partial charge in [-0.25, -0.2) is 13.1 Å². The van der Waals surface area contributed by atoms with Gasteiger partial charge in [-0.2, -0.15) is 0 Å². The average Bonchev–Trinajstić information content (AvgIpc) is 2.75. The van der Waals surface area contributed by atoms with Crippen molar-refractivity contribution in [3.8, 4) is 5.75 Å². The number of benzene rings is 1. The molecule has 0 aromatic heterocycles. The third-order valence-corrected chi connectivity index (χ3v) is 6.84. The van der Waals surface area contributed by atoms with Gasteiger partial charge in [-0.1, -0.05) is 24.3 Å². The minimum absolute atomic E-state index is 0.00459. The number of rotatable bonds is 7. The van der Waals surface area contributed by atoms with Gasteiger partial charge in [-0.05, 0) is 19.2 Å². The van der Waals surface area contributed by atoms with E-state index in [0.29, 0.717) is 13.1 Å². The fraction of sp³-hybridized carbons (Fsp3) is 0.550. The Hall–Kier alpha value is -1.98. The van der Waals surface area contributed by atoms with E-state index in [1.807, 2.05) is 11.9 Å². The number of amides is 1. The zero-order chi connectivity index (χ0) is 21.7. The van der Waals surface area contributed by atoms with Gasteiger partial charge in [0, 0.05) is 26.2 Å². The Morgan fingerprint density at radius 1 is 1.23 bits per heavy atom. The number of aliphatic hydroxyl groups is 1. The predicted molar refractivity (Wildman–Crippen MR) is 111 cm³/mol. The Kier molecular flexibility index (Phi) is 7.48. The van der Waals surface area contributed by atoms with E-state index >= 15 is 0 Å². The van der Waals surface area contributed by atoms with E-state index < -0.39 is 28.3 Å². The van der Waals surface area contributed by atoms with Crippen LogP contribution in [0.15, 0.2) is 41.3 Å². The summed E-state index contributed by atoms with van der Waals surface area (Å²) in [5.41, 5.74) is 0. The second kappa shape index (κ2) is 9.88. The molecule has 0 unspecified atom stereocenters. The Balaban J connectivity index is 1.65. The number of aliphatic hydroxyl groups excluding tert-OH is 1. The lowest BCUT2D eigenvalue weighted by molar-refractivity contribution is -0.136. The van der Waals surface area contributed by atoms with Crippen LogP contribution in [-0.4, -0.2) is 94.4 Å². The normalized spacial score (nSPS) is 25.3. The highest BCUT2D eigenvalue weighted by Crippen LogP contribution is 2.24. The van der Waals surface area contributed by atoms with Gasteiger partial charge in [-0.3, -0.25) is 4.79 Å². The zero-order valence-corrected chi connectivity index (χ0v) is 18.0. The van der Waals surface area contributed by atoms with Gasteiger partial charge < -0.3 is 24.4 Å². The van der Waals surface area contributed by atoms with Crippen molar-refractivity contribution in [3.63, 3.8) is 0 Å². The monoisotopic (exact) mass is 439 g/mol. The Labute approximate surface area is 177 Å². The van der Waals surface area contributed by atoms with Gasteiger partial charge in [0.05, 0.1) is 32.3 Å². The summed E-state index contributed by atoms with van der Waals surface area (Å²) in [6.07, 6.45) is 2.16. The number of hydrogen-bond donors (Lipinski definition) is 2. The molecule has 30 heavy (non-hydrogen) atoms.